The molecule has 1 unspecified atom stereocenters. The minimum absolute atomic E-state index is 0.443. The number of aliphatic hydroxyl groups is 1. The molecular formula is C14H27N3O. The highest BCUT2D eigenvalue weighted by molar-refractivity contribution is 5.05. The van der Waals surface area contributed by atoms with Crippen LogP contribution < -0.4 is 5.32 Å². The zero-order chi connectivity index (χ0) is 12.8. The second-order valence-electron chi connectivity index (χ2n) is 6.91. The summed E-state index contributed by atoms with van der Waals surface area (Å²) in [5, 5.41) is 14.0. The molecule has 0 aromatic rings. The summed E-state index contributed by atoms with van der Waals surface area (Å²) in [7, 11) is 4.09. The van der Waals surface area contributed by atoms with Crippen molar-refractivity contribution >= 4 is 0 Å². The van der Waals surface area contributed by atoms with Crippen LogP contribution in [0.1, 0.15) is 12.8 Å². The molecule has 4 nitrogen and oxygen atoms in total. The summed E-state index contributed by atoms with van der Waals surface area (Å²) in [6.45, 7) is 6.72. The average Bonchev–Trinajstić information content (AvgIpc) is 2.73. The Morgan fingerprint density at radius 1 is 1.22 bits per heavy atom. The van der Waals surface area contributed by atoms with Crippen molar-refractivity contribution in [2.45, 2.75) is 18.4 Å². The molecule has 4 heteroatoms. The van der Waals surface area contributed by atoms with Crippen LogP contribution >= 0.6 is 0 Å². The zero-order valence-electron chi connectivity index (χ0n) is 11.7. The maximum absolute atomic E-state index is 10.5. The number of nitrogens with one attached hydrogen (secondary N) is 1. The normalized spacial score (nSPS) is 39.0. The van der Waals surface area contributed by atoms with Crippen molar-refractivity contribution in [1.29, 1.82) is 0 Å². The standard InChI is InChI=1S/C14H27N3O/c1-16(2)10-14(18)3-5-17(6-4-14)9-13-11-7-15-8-12(11)13/h11-13,15,18H,3-10H2,1-2H3/t11-,12+,13?. The number of likely N-dealkylation sites (tertiary alicyclic amines) is 1. The molecule has 0 bridgehead atoms. The molecule has 2 saturated heterocycles. The molecule has 1 saturated carbocycles. The summed E-state index contributed by atoms with van der Waals surface area (Å²) in [4.78, 5) is 4.68. The summed E-state index contributed by atoms with van der Waals surface area (Å²) < 4.78 is 0. The molecule has 0 aromatic carbocycles. The van der Waals surface area contributed by atoms with E-state index in [4.69, 9.17) is 0 Å². The predicted molar refractivity (Wildman–Crippen MR) is 72.5 cm³/mol. The van der Waals surface area contributed by atoms with Gasteiger partial charge >= 0.3 is 0 Å². The van der Waals surface area contributed by atoms with Crippen molar-refractivity contribution in [1.82, 2.24) is 15.1 Å². The van der Waals surface area contributed by atoms with Gasteiger partial charge in [-0.25, -0.2) is 0 Å². The van der Waals surface area contributed by atoms with Crippen LogP contribution in [-0.4, -0.2) is 73.9 Å². The number of fused-ring (bicyclic) bond motifs is 1. The summed E-state index contributed by atoms with van der Waals surface area (Å²) in [6, 6.07) is 0. The molecule has 1 aliphatic carbocycles. The summed E-state index contributed by atoms with van der Waals surface area (Å²) in [5.74, 6) is 2.88. The molecular weight excluding hydrogens is 226 g/mol. The SMILES string of the molecule is CN(C)CC1(O)CCN(CC2[C@H]3CNC[C@@H]23)CC1. The van der Waals surface area contributed by atoms with Crippen LogP contribution in [-0.2, 0) is 0 Å². The summed E-state index contributed by atoms with van der Waals surface area (Å²) in [6.07, 6.45) is 1.87. The number of rotatable bonds is 4. The van der Waals surface area contributed by atoms with E-state index in [0.717, 1.165) is 50.2 Å². The highest BCUT2D eigenvalue weighted by Crippen LogP contribution is 2.49. The van der Waals surface area contributed by atoms with Crippen molar-refractivity contribution in [3.63, 3.8) is 0 Å². The quantitative estimate of drug-likeness (QED) is 0.730. The van der Waals surface area contributed by atoms with E-state index in [1.54, 1.807) is 0 Å². The third kappa shape index (κ3) is 2.57. The Labute approximate surface area is 110 Å². The van der Waals surface area contributed by atoms with Gasteiger partial charge in [-0.05, 0) is 57.8 Å². The summed E-state index contributed by atoms with van der Waals surface area (Å²) in [5.41, 5.74) is -0.443. The van der Waals surface area contributed by atoms with Crippen LogP contribution in [0.5, 0.6) is 0 Å². The lowest BCUT2D eigenvalue weighted by Crippen LogP contribution is -2.50. The van der Waals surface area contributed by atoms with Crippen molar-refractivity contribution in [2.24, 2.45) is 17.8 Å². The fourth-order valence-electron chi connectivity index (χ4n) is 4.01. The smallest absolute Gasteiger partial charge is 0.0798 e. The number of piperidine rings is 2. The van der Waals surface area contributed by atoms with Crippen molar-refractivity contribution in [3.8, 4) is 0 Å². The molecule has 104 valence electrons. The Hall–Kier alpha value is -0.160. The number of hydrogen-bond donors (Lipinski definition) is 2. The highest BCUT2D eigenvalue weighted by Gasteiger charge is 2.53. The molecule has 2 heterocycles. The van der Waals surface area contributed by atoms with Crippen molar-refractivity contribution < 1.29 is 5.11 Å². The maximum Gasteiger partial charge on any atom is 0.0798 e. The lowest BCUT2D eigenvalue weighted by molar-refractivity contribution is -0.0383. The third-order valence-corrected chi connectivity index (χ3v) is 5.14. The Morgan fingerprint density at radius 2 is 1.83 bits per heavy atom. The average molecular weight is 253 g/mol. The van der Waals surface area contributed by atoms with Gasteiger partial charge in [0.25, 0.3) is 0 Å². The topological polar surface area (TPSA) is 38.7 Å². The lowest BCUT2D eigenvalue weighted by Gasteiger charge is -2.39. The number of hydrogen-bond acceptors (Lipinski definition) is 4. The predicted octanol–water partition coefficient (Wildman–Crippen LogP) is -0.160. The van der Waals surface area contributed by atoms with Gasteiger partial charge < -0.3 is 20.2 Å². The van der Waals surface area contributed by atoms with E-state index < -0.39 is 5.60 Å². The van der Waals surface area contributed by atoms with E-state index in [1.165, 1.54) is 19.6 Å². The minimum Gasteiger partial charge on any atom is -0.388 e. The third-order valence-electron chi connectivity index (χ3n) is 5.14. The molecule has 0 spiro atoms. The van der Waals surface area contributed by atoms with Gasteiger partial charge in [-0.15, -0.1) is 0 Å². The molecule has 3 fully saturated rings. The van der Waals surface area contributed by atoms with Gasteiger partial charge in [-0.3, -0.25) is 0 Å². The van der Waals surface area contributed by atoms with Crippen LogP contribution in [0.3, 0.4) is 0 Å². The zero-order valence-corrected chi connectivity index (χ0v) is 11.7. The molecule has 3 atom stereocenters. The van der Waals surface area contributed by atoms with Crippen molar-refractivity contribution in [2.75, 3.05) is 53.4 Å². The Kier molecular flexibility index (Phi) is 3.39. The van der Waals surface area contributed by atoms with Gasteiger partial charge in [0, 0.05) is 26.2 Å². The number of nitrogens with zero attached hydrogens (tertiary/aromatic N) is 2. The first-order chi connectivity index (χ1) is 8.57. The second-order valence-corrected chi connectivity index (χ2v) is 6.91. The van der Waals surface area contributed by atoms with Gasteiger partial charge in [-0.1, -0.05) is 0 Å². The molecule has 0 aromatic heterocycles. The molecule has 2 N–H and O–H groups in total. The first kappa shape index (κ1) is 12.9. The van der Waals surface area contributed by atoms with Crippen LogP contribution in [0.4, 0.5) is 0 Å². The Bertz CT molecular complexity index is 289. The fourth-order valence-corrected chi connectivity index (χ4v) is 4.01. The van der Waals surface area contributed by atoms with Gasteiger partial charge in [0.15, 0.2) is 0 Å². The van der Waals surface area contributed by atoms with Gasteiger partial charge in [0.05, 0.1) is 5.60 Å². The van der Waals surface area contributed by atoms with Gasteiger partial charge in [-0.2, -0.15) is 0 Å². The van der Waals surface area contributed by atoms with E-state index in [-0.39, 0.29) is 0 Å². The Morgan fingerprint density at radius 3 is 2.39 bits per heavy atom. The van der Waals surface area contributed by atoms with Crippen LogP contribution in [0, 0.1) is 17.8 Å². The Balaban J connectivity index is 1.43. The molecule has 2 aliphatic heterocycles. The molecule has 0 radical (unpaired) electrons. The fraction of sp³-hybridized carbons (Fsp3) is 1.00. The van der Waals surface area contributed by atoms with E-state index in [2.05, 4.69) is 15.1 Å². The molecule has 0 amide bonds. The molecule has 18 heavy (non-hydrogen) atoms. The first-order valence-corrected chi connectivity index (χ1v) is 7.38. The largest absolute Gasteiger partial charge is 0.388 e. The van der Waals surface area contributed by atoms with E-state index in [9.17, 15) is 5.11 Å². The van der Waals surface area contributed by atoms with Crippen LogP contribution in [0.25, 0.3) is 0 Å². The van der Waals surface area contributed by atoms with Gasteiger partial charge in [0.2, 0.25) is 0 Å². The first-order valence-electron chi connectivity index (χ1n) is 7.38. The highest BCUT2D eigenvalue weighted by atomic mass is 16.3. The molecule has 3 rings (SSSR count). The maximum atomic E-state index is 10.5. The monoisotopic (exact) mass is 253 g/mol. The summed E-state index contributed by atoms with van der Waals surface area (Å²) >= 11 is 0. The van der Waals surface area contributed by atoms with E-state index >= 15 is 0 Å². The van der Waals surface area contributed by atoms with Crippen LogP contribution in [0.15, 0.2) is 0 Å². The van der Waals surface area contributed by atoms with Crippen molar-refractivity contribution in [3.05, 3.63) is 0 Å². The van der Waals surface area contributed by atoms with E-state index in [1.807, 2.05) is 14.1 Å². The van der Waals surface area contributed by atoms with Gasteiger partial charge in [0.1, 0.15) is 0 Å². The second kappa shape index (κ2) is 4.75. The number of likely N-dealkylation sites (N-methyl/N-ethyl adjacent to an activating group) is 1. The minimum atomic E-state index is -0.443. The van der Waals surface area contributed by atoms with E-state index in [0.29, 0.717) is 0 Å². The molecule has 3 aliphatic rings. The van der Waals surface area contributed by atoms with Crippen LogP contribution in [0.2, 0.25) is 0 Å². The lowest BCUT2D eigenvalue weighted by atomic mass is 9.91.